The zero-order valence-electron chi connectivity index (χ0n) is 8.81. The monoisotopic (exact) mass is 272 g/mol. The highest BCUT2D eigenvalue weighted by Gasteiger charge is 2.14. The molecule has 0 amide bonds. The van der Waals surface area contributed by atoms with Crippen molar-refractivity contribution in [2.24, 2.45) is 0 Å². The molecule has 0 N–H and O–H groups in total. The average molecular weight is 272 g/mol. The fraction of sp³-hybridized carbons (Fsp3) is 0. The molecule has 4 heterocycles. The molecule has 0 aliphatic carbocycles. The van der Waals surface area contributed by atoms with E-state index in [0.717, 1.165) is 31.8 Å². The van der Waals surface area contributed by atoms with Crippen LogP contribution in [0.4, 0.5) is 0 Å². The first-order valence-corrected chi connectivity index (χ1v) is 6.79. The van der Waals surface area contributed by atoms with Crippen molar-refractivity contribution in [2.75, 3.05) is 0 Å². The van der Waals surface area contributed by atoms with Crippen molar-refractivity contribution < 1.29 is 0 Å². The summed E-state index contributed by atoms with van der Waals surface area (Å²) in [5.74, 6) is 0. The first-order valence-electron chi connectivity index (χ1n) is 5.03. The molecule has 0 spiro atoms. The number of fused-ring (bicyclic) bond motifs is 2. The lowest BCUT2D eigenvalue weighted by atomic mass is 10.2. The smallest absolute Gasteiger partial charge is 0.166 e. The third-order valence-electron chi connectivity index (χ3n) is 2.54. The van der Waals surface area contributed by atoms with Crippen LogP contribution in [0.15, 0.2) is 23.4 Å². The van der Waals surface area contributed by atoms with E-state index in [1.807, 2.05) is 0 Å². The van der Waals surface area contributed by atoms with Crippen LogP contribution in [0, 0.1) is 0 Å². The number of aromatic nitrogens is 6. The fourth-order valence-electron chi connectivity index (χ4n) is 1.76. The van der Waals surface area contributed by atoms with Crippen molar-refractivity contribution in [2.45, 2.75) is 0 Å². The van der Waals surface area contributed by atoms with Crippen molar-refractivity contribution in [3.05, 3.63) is 23.4 Å². The molecule has 0 atom stereocenters. The van der Waals surface area contributed by atoms with Crippen LogP contribution < -0.4 is 0 Å². The maximum Gasteiger partial charge on any atom is 0.166 e. The highest BCUT2D eigenvalue weighted by molar-refractivity contribution is 7.17. The van der Waals surface area contributed by atoms with Crippen molar-refractivity contribution >= 4 is 43.2 Å². The molecule has 6 nitrogen and oxygen atoms in total. The molecule has 8 heteroatoms. The number of nitrogens with zero attached hydrogens (tertiary/aromatic N) is 6. The summed E-state index contributed by atoms with van der Waals surface area (Å²) >= 11 is 2.99. The molecule has 18 heavy (non-hydrogen) atoms. The normalized spacial score (nSPS) is 11.3. The highest BCUT2D eigenvalue weighted by atomic mass is 32.1. The predicted octanol–water partition coefficient (Wildman–Crippen LogP) is 2.15. The van der Waals surface area contributed by atoms with Gasteiger partial charge in [0, 0.05) is 0 Å². The Bertz CT molecular complexity index is 779. The van der Waals surface area contributed by atoms with Gasteiger partial charge in [0.1, 0.15) is 16.7 Å². The minimum absolute atomic E-state index is 0.765. The number of thiazole rings is 2. The van der Waals surface area contributed by atoms with Crippen molar-refractivity contribution in [1.82, 2.24) is 30.4 Å². The zero-order valence-corrected chi connectivity index (χ0v) is 10.4. The maximum atomic E-state index is 4.32. The van der Waals surface area contributed by atoms with Crippen molar-refractivity contribution in [1.29, 1.82) is 0 Å². The second-order valence-corrected chi connectivity index (χ2v) is 5.21. The summed E-state index contributed by atoms with van der Waals surface area (Å²) < 4.78 is 0.993. The highest BCUT2D eigenvalue weighted by Crippen LogP contribution is 2.32. The van der Waals surface area contributed by atoms with E-state index in [1.54, 1.807) is 23.4 Å². The molecular weight excluding hydrogens is 268 g/mol. The second-order valence-electron chi connectivity index (χ2n) is 3.52. The van der Waals surface area contributed by atoms with Gasteiger partial charge in [-0.15, -0.1) is 32.9 Å². The molecule has 0 radical (unpaired) electrons. The van der Waals surface area contributed by atoms with Gasteiger partial charge in [-0.2, -0.15) is 10.2 Å². The van der Waals surface area contributed by atoms with Crippen LogP contribution in [0.3, 0.4) is 0 Å². The van der Waals surface area contributed by atoms with E-state index in [1.165, 1.54) is 22.7 Å². The van der Waals surface area contributed by atoms with Gasteiger partial charge in [-0.25, -0.2) is 9.97 Å². The van der Waals surface area contributed by atoms with E-state index in [9.17, 15) is 0 Å². The molecule has 0 fully saturated rings. The zero-order chi connectivity index (χ0) is 11.9. The van der Waals surface area contributed by atoms with Gasteiger partial charge in [-0.05, 0) is 0 Å². The Morgan fingerprint density at radius 1 is 0.889 bits per heavy atom. The summed E-state index contributed by atoms with van der Waals surface area (Å²) in [6, 6.07) is 0. The van der Waals surface area contributed by atoms with Gasteiger partial charge >= 0.3 is 0 Å². The third-order valence-corrected chi connectivity index (χ3v) is 4.10. The predicted molar refractivity (Wildman–Crippen MR) is 69.4 cm³/mol. The SMILES string of the molecule is c1nc2c(-c3nncc4ncsc34)cnnc2s1. The van der Waals surface area contributed by atoms with Crippen LogP contribution in [0.2, 0.25) is 0 Å². The van der Waals surface area contributed by atoms with E-state index in [4.69, 9.17) is 0 Å². The van der Waals surface area contributed by atoms with Crippen LogP contribution in [0.1, 0.15) is 0 Å². The van der Waals surface area contributed by atoms with E-state index in [-0.39, 0.29) is 0 Å². The minimum Gasteiger partial charge on any atom is -0.243 e. The van der Waals surface area contributed by atoms with Crippen molar-refractivity contribution in [3.8, 4) is 11.3 Å². The van der Waals surface area contributed by atoms with Gasteiger partial charge in [-0.1, -0.05) is 0 Å². The molecule has 0 aliphatic heterocycles. The largest absolute Gasteiger partial charge is 0.243 e. The van der Waals surface area contributed by atoms with Gasteiger partial charge in [0.15, 0.2) is 4.83 Å². The van der Waals surface area contributed by atoms with E-state index < -0.39 is 0 Å². The minimum atomic E-state index is 0.765. The van der Waals surface area contributed by atoms with E-state index in [0.29, 0.717) is 0 Å². The molecule has 0 aliphatic rings. The Hall–Kier alpha value is -2.06. The van der Waals surface area contributed by atoms with E-state index >= 15 is 0 Å². The first-order chi connectivity index (χ1) is 8.93. The van der Waals surface area contributed by atoms with Gasteiger partial charge < -0.3 is 0 Å². The van der Waals surface area contributed by atoms with Crippen LogP contribution in [0.5, 0.6) is 0 Å². The molecule has 0 saturated carbocycles. The molecule has 0 bridgehead atoms. The molecule has 86 valence electrons. The van der Waals surface area contributed by atoms with E-state index in [2.05, 4.69) is 30.4 Å². The Kier molecular flexibility index (Phi) is 2.05. The summed E-state index contributed by atoms with van der Waals surface area (Å²) in [5.41, 5.74) is 6.80. The van der Waals surface area contributed by atoms with Crippen molar-refractivity contribution in [3.63, 3.8) is 0 Å². The van der Waals surface area contributed by atoms with Crippen LogP contribution >= 0.6 is 22.7 Å². The van der Waals surface area contributed by atoms with Gasteiger partial charge in [0.25, 0.3) is 0 Å². The molecule has 0 unspecified atom stereocenters. The molecule has 4 aromatic rings. The van der Waals surface area contributed by atoms with Crippen LogP contribution in [-0.4, -0.2) is 30.4 Å². The summed E-state index contributed by atoms with van der Waals surface area (Å²) in [6.45, 7) is 0. The lowest BCUT2D eigenvalue weighted by molar-refractivity contribution is 1.04. The maximum absolute atomic E-state index is 4.32. The topological polar surface area (TPSA) is 77.3 Å². The Morgan fingerprint density at radius 3 is 2.78 bits per heavy atom. The Labute approximate surface area is 108 Å². The van der Waals surface area contributed by atoms with Crippen LogP contribution in [0.25, 0.3) is 31.8 Å². The number of rotatable bonds is 1. The molecule has 0 aromatic carbocycles. The lowest BCUT2D eigenvalue weighted by Gasteiger charge is -2.00. The summed E-state index contributed by atoms with van der Waals surface area (Å²) in [5, 5.41) is 16.2. The third kappa shape index (κ3) is 1.33. The summed E-state index contributed by atoms with van der Waals surface area (Å²) in [6.07, 6.45) is 3.33. The molecule has 4 rings (SSSR count). The lowest BCUT2D eigenvalue weighted by Crippen LogP contribution is -1.91. The fourth-order valence-corrected chi connectivity index (χ4v) is 3.14. The standard InChI is InChI=1S/C10H4N6S2/c1-5(8-10(16-13-1)18-4-12-8)7-9-6(2-14-15-7)11-3-17-9/h1-4H. The van der Waals surface area contributed by atoms with Gasteiger partial charge in [-0.3, -0.25) is 0 Å². The Balaban J connectivity index is 2.13. The average Bonchev–Trinajstić information content (AvgIpc) is 3.06. The second kappa shape index (κ2) is 3.72. The summed E-state index contributed by atoms with van der Waals surface area (Å²) in [4.78, 5) is 9.36. The number of hydrogen-bond donors (Lipinski definition) is 0. The molecular formula is C10H4N6S2. The first kappa shape index (κ1) is 9.92. The van der Waals surface area contributed by atoms with Gasteiger partial charge in [0.05, 0.1) is 33.7 Å². The quantitative estimate of drug-likeness (QED) is 0.528. The van der Waals surface area contributed by atoms with Crippen LogP contribution in [-0.2, 0) is 0 Å². The molecule has 0 saturated heterocycles. The Morgan fingerprint density at radius 2 is 1.78 bits per heavy atom. The van der Waals surface area contributed by atoms with Gasteiger partial charge in [0.2, 0.25) is 0 Å². The summed E-state index contributed by atoms with van der Waals surface area (Å²) in [7, 11) is 0. The molecule has 4 aromatic heterocycles. The number of hydrogen-bond acceptors (Lipinski definition) is 8.